The molecule has 4 aliphatic carbocycles. The van der Waals surface area contributed by atoms with E-state index in [0.717, 1.165) is 18.3 Å². The molecule has 0 aromatic heterocycles. The molecule has 5 rings (SSSR count). The van der Waals surface area contributed by atoms with Gasteiger partial charge >= 0.3 is 6.18 Å². The second-order valence-corrected chi connectivity index (χ2v) is 12.2. The third-order valence-electron chi connectivity index (χ3n) is 8.66. The molecule has 4 bridgehead atoms. The summed E-state index contributed by atoms with van der Waals surface area (Å²) in [5, 5.41) is 0. The number of hydrogen-bond donors (Lipinski definition) is 0. The first-order valence-electron chi connectivity index (χ1n) is 11.9. The molecule has 0 spiro atoms. The third-order valence-corrected chi connectivity index (χ3v) is 8.66. The SMILES string of the molecule is C=CC1C2CC3C1OC(C)(C(F)(F)F)C3C2.CC(C)(C)OC(C)(C)C1CC2C=CC1C2. The van der Waals surface area contributed by atoms with Gasteiger partial charge in [-0.25, -0.2) is 0 Å². The monoisotopic (exact) mass is 440 g/mol. The van der Waals surface area contributed by atoms with Crippen LogP contribution in [0.3, 0.4) is 0 Å². The van der Waals surface area contributed by atoms with Crippen molar-refractivity contribution in [1.82, 2.24) is 0 Å². The minimum Gasteiger partial charge on any atom is -0.370 e. The highest BCUT2D eigenvalue weighted by Crippen LogP contribution is 2.65. The Bertz CT molecular complexity index is 734. The van der Waals surface area contributed by atoms with E-state index < -0.39 is 11.8 Å². The van der Waals surface area contributed by atoms with Crippen LogP contribution < -0.4 is 0 Å². The smallest absolute Gasteiger partial charge is 0.370 e. The fourth-order valence-corrected chi connectivity index (χ4v) is 7.56. The Morgan fingerprint density at radius 1 is 1.03 bits per heavy atom. The zero-order chi connectivity index (χ0) is 23.0. The number of fused-ring (bicyclic) bond motifs is 3. The summed E-state index contributed by atoms with van der Waals surface area (Å²) in [6.45, 7) is 15.9. The Morgan fingerprint density at radius 2 is 1.71 bits per heavy atom. The van der Waals surface area contributed by atoms with E-state index in [1.165, 1.54) is 19.8 Å². The number of hydrogen-bond acceptors (Lipinski definition) is 2. The molecular formula is C26H39F3O2. The van der Waals surface area contributed by atoms with Crippen LogP contribution in [0.5, 0.6) is 0 Å². The molecule has 0 amide bonds. The van der Waals surface area contributed by atoms with Gasteiger partial charge in [0.15, 0.2) is 5.60 Å². The van der Waals surface area contributed by atoms with Gasteiger partial charge in [0.05, 0.1) is 17.3 Å². The Morgan fingerprint density at radius 3 is 2.19 bits per heavy atom. The molecule has 5 heteroatoms. The molecule has 5 aliphatic rings. The molecule has 4 fully saturated rings. The molecule has 9 unspecified atom stereocenters. The second kappa shape index (κ2) is 7.35. The first kappa shape index (κ1) is 23.4. The summed E-state index contributed by atoms with van der Waals surface area (Å²) in [5.41, 5.74) is -1.94. The van der Waals surface area contributed by atoms with Crippen LogP contribution in [0.25, 0.3) is 0 Å². The molecule has 1 aliphatic heterocycles. The summed E-state index contributed by atoms with van der Waals surface area (Å²) in [6.07, 6.45) is 6.31. The average Bonchev–Trinajstić information content (AvgIpc) is 3.39. The van der Waals surface area contributed by atoms with E-state index in [4.69, 9.17) is 9.47 Å². The molecule has 0 aromatic carbocycles. The maximum absolute atomic E-state index is 13.1. The normalized spacial score (nSPS) is 45.2. The van der Waals surface area contributed by atoms with Gasteiger partial charge in [0.1, 0.15) is 0 Å². The molecule has 1 saturated heterocycles. The zero-order valence-corrected chi connectivity index (χ0v) is 19.8. The summed E-state index contributed by atoms with van der Waals surface area (Å²) in [5.74, 6) is 2.58. The quantitative estimate of drug-likeness (QED) is 0.442. The van der Waals surface area contributed by atoms with Gasteiger partial charge in [0.25, 0.3) is 0 Å². The summed E-state index contributed by atoms with van der Waals surface area (Å²) >= 11 is 0. The Hall–Kier alpha value is -0.810. The van der Waals surface area contributed by atoms with Crippen molar-refractivity contribution in [2.75, 3.05) is 0 Å². The van der Waals surface area contributed by atoms with Crippen molar-refractivity contribution in [3.63, 3.8) is 0 Å². The zero-order valence-electron chi connectivity index (χ0n) is 19.8. The molecule has 0 aromatic rings. The predicted molar refractivity (Wildman–Crippen MR) is 116 cm³/mol. The van der Waals surface area contributed by atoms with Gasteiger partial charge in [-0.1, -0.05) is 18.2 Å². The lowest BCUT2D eigenvalue weighted by Gasteiger charge is -2.40. The summed E-state index contributed by atoms with van der Waals surface area (Å²) in [6, 6.07) is 0. The fourth-order valence-electron chi connectivity index (χ4n) is 7.56. The molecule has 9 atom stereocenters. The van der Waals surface area contributed by atoms with Gasteiger partial charge in [0, 0.05) is 11.8 Å². The Labute approximate surface area is 185 Å². The van der Waals surface area contributed by atoms with Crippen LogP contribution in [-0.4, -0.2) is 29.1 Å². The van der Waals surface area contributed by atoms with Gasteiger partial charge < -0.3 is 9.47 Å². The van der Waals surface area contributed by atoms with Crippen molar-refractivity contribution in [3.8, 4) is 0 Å². The fraction of sp³-hybridized carbons (Fsp3) is 0.846. The van der Waals surface area contributed by atoms with Crippen LogP contribution >= 0.6 is 0 Å². The lowest BCUT2D eigenvalue weighted by molar-refractivity contribution is -0.274. The van der Waals surface area contributed by atoms with Crippen molar-refractivity contribution in [1.29, 1.82) is 0 Å². The molecule has 2 nitrogen and oxygen atoms in total. The highest BCUT2D eigenvalue weighted by atomic mass is 19.4. The van der Waals surface area contributed by atoms with Gasteiger partial charge in [-0.3, -0.25) is 0 Å². The lowest BCUT2D eigenvalue weighted by atomic mass is 9.76. The highest BCUT2D eigenvalue weighted by molar-refractivity contribution is 5.17. The molecule has 0 radical (unpaired) electrons. The van der Waals surface area contributed by atoms with Gasteiger partial charge in [-0.2, -0.15) is 13.2 Å². The van der Waals surface area contributed by atoms with Crippen molar-refractivity contribution in [2.24, 2.45) is 41.4 Å². The van der Waals surface area contributed by atoms with Crippen LogP contribution in [0.4, 0.5) is 13.2 Å². The Balaban J connectivity index is 0.000000150. The van der Waals surface area contributed by atoms with E-state index in [0.29, 0.717) is 18.3 Å². The first-order valence-corrected chi connectivity index (χ1v) is 11.9. The van der Waals surface area contributed by atoms with Crippen LogP contribution in [0.15, 0.2) is 24.8 Å². The summed E-state index contributed by atoms with van der Waals surface area (Å²) < 4.78 is 50.8. The molecule has 0 N–H and O–H groups in total. The van der Waals surface area contributed by atoms with Gasteiger partial charge in [-0.05, 0) is 96.8 Å². The number of rotatable bonds is 3. The van der Waals surface area contributed by atoms with E-state index in [2.05, 4.69) is 53.3 Å². The van der Waals surface area contributed by atoms with Crippen LogP contribution in [0, 0.1) is 41.4 Å². The first-order chi connectivity index (χ1) is 14.2. The largest absolute Gasteiger partial charge is 0.417 e. The maximum atomic E-state index is 13.1. The van der Waals surface area contributed by atoms with E-state index in [1.54, 1.807) is 6.08 Å². The van der Waals surface area contributed by atoms with Crippen molar-refractivity contribution < 1.29 is 22.6 Å². The second-order valence-electron chi connectivity index (χ2n) is 12.2. The molecule has 176 valence electrons. The maximum Gasteiger partial charge on any atom is 0.417 e. The number of ether oxygens (including phenoxy) is 2. The average molecular weight is 441 g/mol. The van der Waals surface area contributed by atoms with Crippen LogP contribution in [0.1, 0.15) is 67.2 Å². The van der Waals surface area contributed by atoms with Crippen molar-refractivity contribution in [3.05, 3.63) is 24.8 Å². The van der Waals surface area contributed by atoms with Crippen molar-refractivity contribution >= 4 is 0 Å². The topological polar surface area (TPSA) is 18.5 Å². The van der Waals surface area contributed by atoms with E-state index in [9.17, 15) is 13.2 Å². The summed E-state index contributed by atoms with van der Waals surface area (Å²) in [4.78, 5) is 0. The van der Waals surface area contributed by atoms with E-state index in [1.807, 2.05) is 0 Å². The van der Waals surface area contributed by atoms with Gasteiger partial charge in [0.2, 0.25) is 0 Å². The Kier molecular flexibility index (Phi) is 5.53. The number of allylic oxidation sites excluding steroid dienone is 2. The highest BCUT2D eigenvalue weighted by Gasteiger charge is 2.72. The summed E-state index contributed by atoms with van der Waals surface area (Å²) in [7, 11) is 0. The standard InChI is InChI=1S/C14H24O.C12H15F3O/c1-13(2,3)15-14(4,5)12-9-10-6-7-11(12)8-10;1-3-7-6-4-8-9(5-6)11(2,12(13,14)15)16-10(7)8/h6-7,10-12H,8-9H2,1-5H3;3,6-10H,1,4-5H2,2H3. The molecule has 3 saturated carbocycles. The number of halogens is 3. The molecular weight excluding hydrogens is 401 g/mol. The van der Waals surface area contributed by atoms with Crippen molar-refractivity contribution in [2.45, 2.75) is 96.3 Å². The van der Waals surface area contributed by atoms with E-state index in [-0.39, 0.29) is 35.1 Å². The molecule has 1 heterocycles. The number of alkyl halides is 3. The minimum atomic E-state index is -4.25. The third kappa shape index (κ3) is 3.92. The van der Waals surface area contributed by atoms with Crippen LogP contribution in [-0.2, 0) is 9.47 Å². The molecule has 31 heavy (non-hydrogen) atoms. The van der Waals surface area contributed by atoms with Gasteiger partial charge in [-0.15, -0.1) is 6.58 Å². The van der Waals surface area contributed by atoms with Crippen LogP contribution in [0.2, 0.25) is 0 Å². The minimum absolute atomic E-state index is 0.0163. The predicted octanol–water partition coefficient (Wildman–Crippen LogP) is 6.96. The van der Waals surface area contributed by atoms with E-state index >= 15 is 0 Å². The lowest BCUT2D eigenvalue weighted by Crippen LogP contribution is -2.47.